The number of hydrogen-bond donors (Lipinski definition) is 4. The van der Waals surface area contributed by atoms with Crippen molar-refractivity contribution in [3.63, 3.8) is 0 Å². The normalized spacial score (nSPS) is 10.9. The number of carbonyl (C=O) groups excluding carboxylic acids is 2. The Morgan fingerprint density at radius 2 is 1.76 bits per heavy atom. The number of hydrogen-bond acceptors (Lipinski definition) is 5. The van der Waals surface area contributed by atoms with Gasteiger partial charge >= 0.3 is 0 Å². The molecule has 9 heteroatoms. The Balaban J connectivity index is 1.36. The number of amides is 2. The Kier molecular flexibility index (Phi) is 7.11. The van der Waals surface area contributed by atoms with Crippen LogP contribution in [0.2, 0.25) is 0 Å². The van der Waals surface area contributed by atoms with Gasteiger partial charge in [0.15, 0.2) is 5.82 Å². The lowest BCUT2D eigenvalue weighted by molar-refractivity contribution is -0.129. The Hall–Kier alpha value is -3.98. The minimum atomic E-state index is -0.412. The first-order chi connectivity index (χ1) is 16.1. The van der Waals surface area contributed by atoms with Crippen LogP contribution in [0.1, 0.15) is 37.7 Å². The quantitative estimate of drug-likeness (QED) is 0.167. The van der Waals surface area contributed by atoms with E-state index in [1.165, 1.54) is 5.56 Å². The standard InChI is InChI=1S/C24H26N6O3/c31-23(9-5-2-6-10-24(32)29-33)26-22-14-20(27-28-22)18-11-12-19-21(13-18)30(16-25-19)15-17-7-3-1-4-8-17/h1,3-4,7-8,11-14,16,33H,2,5-6,9-10,15H2,(H,29,32)(H2,26,27,28,31). The maximum absolute atomic E-state index is 12.2. The molecule has 0 radical (unpaired) electrons. The molecule has 0 spiro atoms. The molecule has 0 unspecified atom stereocenters. The van der Waals surface area contributed by atoms with E-state index in [0.717, 1.165) is 35.3 Å². The molecule has 0 saturated heterocycles. The Bertz CT molecular complexity index is 1230. The number of H-pyrrole nitrogens is 1. The molecule has 4 rings (SSSR count). The van der Waals surface area contributed by atoms with Crippen LogP contribution in [0, 0.1) is 0 Å². The summed E-state index contributed by atoms with van der Waals surface area (Å²) in [7, 11) is 0. The summed E-state index contributed by atoms with van der Waals surface area (Å²) in [6.45, 7) is 0.732. The van der Waals surface area contributed by atoms with Crippen molar-refractivity contribution in [3.05, 3.63) is 66.5 Å². The number of unbranched alkanes of at least 4 members (excludes halogenated alkanes) is 2. The summed E-state index contributed by atoms with van der Waals surface area (Å²) in [5.41, 5.74) is 6.49. The molecule has 4 N–H and O–H groups in total. The molecule has 0 atom stereocenters. The van der Waals surface area contributed by atoms with E-state index in [1.54, 1.807) is 5.48 Å². The van der Waals surface area contributed by atoms with Crippen molar-refractivity contribution in [1.82, 2.24) is 25.2 Å². The third-order valence-electron chi connectivity index (χ3n) is 5.41. The number of aromatic amines is 1. The van der Waals surface area contributed by atoms with Crippen LogP contribution < -0.4 is 10.8 Å². The number of imidazole rings is 1. The molecule has 4 aromatic rings. The minimum Gasteiger partial charge on any atom is -0.326 e. The number of nitrogens with one attached hydrogen (secondary N) is 3. The van der Waals surface area contributed by atoms with Gasteiger partial charge in [-0.15, -0.1) is 0 Å². The maximum atomic E-state index is 12.2. The van der Waals surface area contributed by atoms with Crippen LogP contribution in [0.25, 0.3) is 22.3 Å². The first-order valence-electron chi connectivity index (χ1n) is 10.9. The number of carbonyl (C=O) groups is 2. The number of aromatic nitrogens is 4. The van der Waals surface area contributed by atoms with Gasteiger partial charge in [0.2, 0.25) is 11.8 Å². The first kappa shape index (κ1) is 22.2. The zero-order valence-electron chi connectivity index (χ0n) is 18.1. The molecule has 33 heavy (non-hydrogen) atoms. The molecule has 2 amide bonds. The van der Waals surface area contributed by atoms with E-state index in [0.29, 0.717) is 25.1 Å². The van der Waals surface area contributed by atoms with Gasteiger partial charge in [-0.2, -0.15) is 5.10 Å². The number of fused-ring (bicyclic) bond motifs is 1. The average molecular weight is 447 g/mol. The van der Waals surface area contributed by atoms with E-state index in [9.17, 15) is 9.59 Å². The molecule has 2 heterocycles. The van der Waals surface area contributed by atoms with Crippen molar-refractivity contribution < 1.29 is 14.8 Å². The Labute approximate surface area is 190 Å². The summed E-state index contributed by atoms with van der Waals surface area (Å²) in [6.07, 6.45) is 4.43. The SMILES string of the molecule is O=C(CCCCCC(=O)Nc1cc(-c2ccc3ncn(Cc4ccccc4)c3c2)[nH]n1)NO. The highest BCUT2D eigenvalue weighted by Gasteiger charge is 2.10. The fraction of sp³-hybridized carbons (Fsp3) is 0.250. The van der Waals surface area contributed by atoms with Gasteiger partial charge in [-0.1, -0.05) is 42.8 Å². The van der Waals surface area contributed by atoms with E-state index >= 15 is 0 Å². The molecule has 0 aliphatic rings. The van der Waals surface area contributed by atoms with Crippen molar-refractivity contribution >= 4 is 28.7 Å². The molecule has 0 bridgehead atoms. The molecule has 2 aromatic carbocycles. The number of nitrogens with zero attached hydrogens (tertiary/aromatic N) is 3. The van der Waals surface area contributed by atoms with Gasteiger partial charge < -0.3 is 9.88 Å². The van der Waals surface area contributed by atoms with Crippen LogP contribution in [0.5, 0.6) is 0 Å². The fourth-order valence-electron chi connectivity index (χ4n) is 3.67. The topological polar surface area (TPSA) is 125 Å². The smallest absolute Gasteiger partial charge is 0.243 e. The van der Waals surface area contributed by atoms with Crippen molar-refractivity contribution in [2.45, 2.75) is 38.6 Å². The second-order valence-corrected chi connectivity index (χ2v) is 7.87. The van der Waals surface area contributed by atoms with Gasteiger partial charge in [0.25, 0.3) is 0 Å². The lowest BCUT2D eigenvalue weighted by atomic mass is 10.1. The summed E-state index contributed by atoms with van der Waals surface area (Å²) in [6, 6.07) is 18.0. The number of hydroxylamine groups is 1. The molecule has 2 aromatic heterocycles. The predicted octanol–water partition coefficient (Wildman–Crippen LogP) is 3.87. The Morgan fingerprint density at radius 3 is 2.55 bits per heavy atom. The predicted molar refractivity (Wildman–Crippen MR) is 125 cm³/mol. The lowest BCUT2D eigenvalue weighted by Crippen LogP contribution is -2.17. The molecule has 0 saturated carbocycles. The van der Waals surface area contributed by atoms with E-state index in [2.05, 4.69) is 43.3 Å². The molecule has 0 aliphatic heterocycles. The van der Waals surface area contributed by atoms with Crippen molar-refractivity contribution in [3.8, 4) is 11.3 Å². The molecule has 170 valence electrons. The molecule has 0 fully saturated rings. The summed E-state index contributed by atoms with van der Waals surface area (Å²) < 4.78 is 2.11. The molecule has 9 nitrogen and oxygen atoms in total. The highest BCUT2D eigenvalue weighted by atomic mass is 16.5. The van der Waals surface area contributed by atoms with Crippen LogP contribution in [-0.2, 0) is 16.1 Å². The van der Waals surface area contributed by atoms with Gasteiger partial charge in [0, 0.05) is 31.0 Å². The summed E-state index contributed by atoms with van der Waals surface area (Å²) >= 11 is 0. The zero-order valence-corrected chi connectivity index (χ0v) is 18.1. The summed E-state index contributed by atoms with van der Waals surface area (Å²) in [4.78, 5) is 27.6. The molecule has 0 aliphatic carbocycles. The van der Waals surface area contributed by atoms with E-state index in [4.69, 9.17) is 5.21 Å². The van der Waals surface area contributed by atoms with E-state index in [1.807, 2.05) is 42.7 Å². The van der Waals surface area contributed by atoms with Gasteiger partial charge in [-0.05, 0) is 30.5 Å². The summed E-state index contributed by atoms with van der Waals surface area (Å²) in [5.74, 6) is -0.0756. The first-order valence-corrected chi connectivity index (χ1v) is 10.9. The highest BCUT2D eigenvalue weighted by Crippen LogP contribution is 2.25. The third kappa shape index (κ3) is 5.83. The number of benzene rings is 2. The van der Waals surface area contributed by atoms with Gasteiger partial charge in [0.1, 0.15) is 0 Å². The van der Waals surface area contributed by atoms with E-state index in [-0.39, 0.29) is 12.3 Å². The summed E-state index contributed by atoms with van der Waals surface area (Å²) in [5, 5.41) is 18.5. The fourth-order valence-corrected chi connectivity index (χ4v) is 3.67. The highest BCUT2D eigenvalue weighted by molar-refractivity contribution is 5.90. The van der Waals surface area contributed by atoms with Crippen LogP contribution in [0.4, 0.5) is 5.82 Å². The molecular formula is C24H26N6O3. The minimum absolute atomic E-state index is 0.129. The largest absolute Gasteiger partial charge is 0.326 e. The van der Waals surface area contributed by atoms with Gasteiger partial charge in [-0.25, -0.2) is 10.5 Å². The van der Waals surface area contributed by atoms with Gasteiger partial charge in [-0.3, -0.25) is 19.9 Å². The van der Waals surface area contributed by atoms with Gasteiger partial charge in [0.05, 0.1) is 23.1 Å². The third-order valence-corrected chi connectivity index (χ3v) is 5.41. The van der Waals surface area contributed by atoms with Crippen LogP contribution in [0.3, 0.4) is 0 Å². The van der Waals surface area contributed by atoms with Crippen LogP contribution >= 0.6 is 0 Å². The Morgan fingerprint density at radius 1 is 0.970 bits per heavy atom. The maximum Gasteiger partial charge on any atom is 0.243 e. The van der Waals surface area contributed by atoms with E-state index < -0.39 is 5.91 Å². The number of anilines is 1. The van der Waals surface area contributed by atoms with Crippen LogP contribution in [-0.4, -0.2) is 36.8 Å². The average Bonchev–Trinajstić information content (AvgIpc) is 3.46. The van der Waals surface area contributed by atoms with Crippen LogP contribution in [0.15, 0.2) is 60.9 Å². The number of rotatable bonds is 10. The van der Waals surface area contributed by atoms with Crippen molar-refractivity contribution in [2.75, 3.05) is 5.32 Å². The molecular weight excluding hydrogens is 420 g/mol. The van der Waals surface area contributed by atoms with Crippen molar-refractivity contribution in [1.29, 1.82) is 0 Å². The lowest BCUT2D eigenvalue weighted by Gasteiger charge is -2.05. The van der Waals surface area contributed by atoms with Crippen molar-refractivity contribution in [2.24, 2.45) is 0 Å². The zero-order chi connectivity index (χ0) is 23.0. The monoisotopic (exact) mass is 446 g/mol. The second-order valence-electron chi connectivity index (χ2n) is 7.87. The second kappa shape index (κ2) is 10.6.